The second kappa shape index (κ2) is 12.4. The third-order valence-electron chi connectivity index (χ3n) is 9.19. The van der Waals surface area contributed by atoms with Crippen molar-refractivity contribution in [1.82, 2.24) is 25.8 Å². The van der Waals surface area contributed by atoms with Gasteiger partial charge < -0.3 is 25.4 Å². The number of rotatable bonds is 7. The zero-order chi connectivity index (χ0) is 29.1. The summed E-state index contributed by atoms with van der Waals surface area (Å²) in [7, 11) is 1.61. The Kier molecular flexibility index (Phi) is 8.88. The van der Waals surface area contributed by atoms with E-state index in [1.165, 1.54) is 0 Å². The highest BCUT2D eigenvalue weighted by Gasteiger charge is 2.49. The average molecular weight is 566 g/mol. The molecule has 4 N–H and O–H groups in total. The van der Waals surface area contributed by atoms with E-state index < -0.39 is 29.6 Å². The van der Waals surface area contributed by atoms with E-state index >= 15 is 0 Å². The Morgan fingerprint density at radius 3 is 2.63 bits per heavy atom. The largest absolute Gasteiger partial charge is 0.493 e. The van der Waals surface area contributed by atoms with E-state index in [9.17, 15) is 19.5 Å². The van der Waals surface area contributed by atoms with Crippen molar-refractivity contribution in [1.29, 1.82) is 0 Å². The van der Waals surface area contributed by atoms with Crippen LogP contribution < -0.4 is 20.7 Å². The Labute approximate surface area is 242 Å². The van der Waals surface area contributed by atoms with Crippen molar-refractivity contribution in [2.45, 2.75) is 87.7 Å². The molecule has 10 heteroatoms. The standard InChI is InChI=1S/C31H43N5O5/c1-4-23(32-3)28(37)34-27(20-10-6-5-7-11-20)30(39)36-17-21-16-31(2,40)19-35(21)18-25(36)29(38)33-24-14-15-41-26-13-9-8-12-22(24)26/h1,8-9,12-13,20-21,23-25,27,32,40H,5-7,10-11,14-19H2,2-3H3,(H,33,38)(H,34,37)/t21-,23+,24-,25+,27+,31-/m1/s1. The topological polar surface area (TPSA) is 123 Å². The van der Waals surface area contributed by atoms with Crippen LogP contribution in [-0.2, 0) is 14.4 Å². The molecule has 0 bridgehead atoms. The first-order valence-electron chi connectivity index (χ1n) is 14.9. The molecule has 10 nitrogen and oxygen atoms in total. The van der Waals surface area contributed by atoms with E-state index in [0.717, 1.165) is 43.4 Å². The normalized spacial score (nSPS) is 29.7. The van der Waals surface area contributed by atoms with Crippen molar-refractivity contribution < 1.29 is 24.2 Å². The van der Waals surface area contributed by atoms with Crippen molar-refractivity contribution >= 4 is 17.7 Å². The highest BCUT2D eigenvalue weighted by atomic mass is 16.5. The number of piperazine rings is 1. The predicted molar refractivity (Wildman–Crippen MR) is 154 cm³/mol. The first-order chi connectivity index (χ1) is 19.7. The van der Waals surface area contributed by atoms with Gasteiger partial charge in [-0.3, -0.25) is 24.6 Å². The molecule has 3 aliphatic heterocycles. The lowest BCUT2D eigenvalue weighted by Crippen LogP contribution is -2.66. The number of terminal acetylenes is 1. The van der Waals surface area contributed by atoms with E-state index in [1.54, 1.807) is 18.9 Å². The number of hydrogen-bond donors (Lipinski definition) is 4. The summed E-state index contributed by atoms with van der Waals surface area (Å²) < 4.78 is 5.78. The van der Waals surface area contributed by atoms with Crippen LogP contribution in [0.25, 0.3) is 0 Å². The number of amides is 3. The van der Waals surface area contributed by atoms with Crippen molar-refractivity contribution in [2.24, 2.45) is 5.92 Å². The van der Waals surface area contributed by atoms with Crippen LogP contribution in [0.15, 0.2) is 24.3 Å². The molecule has 6 atom stereocenters. The van der Waals surface area contributed by atoms with Crippen LogP contribution >= 0.6 is 0 Å². The van der Waals surface area contributed by atoms with Gasteiger partial charge in [0.05, 0.1) is 18.2 Å². The van der Waals surface area contributed by atoms with Crippen LogP contribution in [0.1, 0.15) is 63.5 Å². The fourth-order valence-corrected chi connectivity index (χ4v) is 7.12. The van der Waals surface area contributed by atoms with Gasteiger partial charge in [-0.2, -0.15) is 0 Å². The molecule has 0 aromatic heterocycles. The summed E-state index contributed by atoms with van der Waals surface area (Å²) in [4.78, 5) is 45.3. The van der Waals surface area contributed by atoms with Gasteiger partial charge in [0.15, 0.2) is 0 Å². The summed E-state index contributed by atoms with van der Waals surface area (Å²) in [6.07, 6.45) is 11.4. The summed E-state index contributed by atoms with van der Waals surface area (Å²) in [6, 6.07) is 4.97. The van der Waals surface area contributed by atoms with Crippen LogP contribution in [0, 0.1) is 18.3 Å². The van der Waals surface area contributed by atoms with Gasteiger partial charge in [-0.1, -0.05) is 43.4 Å². The third kappa shape index (κ3) is 6.37. The number of aliphatic hydroxyl groups is 1. The summed E-state index contributed by atoms with van der Waals surface area (Å²) in [5.41, 5.74) is 0.0243. The number of nitrogens with one attached hydrogen (secondary N) is 3. The number of carbonyl (C=O) groups excluding carboxylic acids is 3. The lowest BCUT2D eigenvalue weighted by atomic mass is 9.82. The quantitative estimate of drug-likeness (QED) is 0.363. The Hall–Kier alpha value is -3.13. The number of benzene rings is 1. The van der Waals surface area contributed by atoms with Crippen LogP contribution in [-0.4, -0.2) is 95.7 Å². The summed E-state index contributed by atoms with van der Waals surface area (Å²) in [5.74, 6) is 2.25. The number of carbonyl (C=O) groups is 3. The van der Waals surface area contributed by atoms with E-state index in [1.807, 2.05) is 24.3 Å². The van der Waals surface area contributed by atoms with Crippen LogP contribution in [0.3, 0.4) is 0 Å². The number of nitrogens with zero attached hydrogens (tertiary/aromatic N) is 2. The molecule has 1 saturated carbocycles. The van der Waals surface area contributed by atoms with Crippen LogP contribution in [0.2, 0.25) is 0 Å². The molecule has 0 spiro atoms. The minimum Gasteiger partial charge on any atom is -0.493 e. The van der Waals surface area contributed by atoms with Crippen molar-refractivity contribution in [3.05, 3.63) is 29.8 Å². The van der Waals surface area contributed by atoms with Gasteiger partial charge in [0.25, 0.3) is 0 Å². The number of fused-ring (bicyclic) bond motifs is 2. The molecular weight excluding hydrogens is 522 g/mol. The molecule has 41 heavy (non-hydrogen) atoms. The zero-order valence-corrected chi connectivity index (χ0v) is 24.1. The van der Waals surface area contributed by atoms with Gasteiger partial charge in [0.2, 0.25) is 17.7 Å². The number of para-hydroxylation sites is 1. The molecule has 222 valence electrons. The second-order valence-electron chi connectivity index (χ2n) is 12.3. The summed E-state index contributed by atoms with van der Waals surface area (Å²) in [6.45, 7) is 3.36. The van der Waals surface area contributed by atoms with Crippen LogP contribution in [0.4, 0.5) is 0 Å². The Bertz CT molecular complexity index is 1180. The molecular formula is C31H43N5O5. The monoisotopic (exact) mass is 565 g/mol. The smallest absolute Gasteiger partial charge is 0.250 e. The zero-order valence-electron chi connectivity index (χ0n) is 24.1. The third-order valence-corrected chi connectivity index (χ3v) is 9.19. The molecule has 5 rings (SSSR count). The molecule has 1 aromatic rings. The minimum absolute atomic E-state index is 0.0359. The van der Waals surface area contributed by atoms with Gasteiger partial charge in [0, 0.05) is 37.7 Å². The lowest BCUT2D eigenvalue weighted by molar-refractivity contribution is -0.149. The van der Waals surface area contributed by atoms with Crippen molar-refractivity contribution in [3.8, 4) is 18.1 Å². The van der Waals surface area contributed by atoms with E-state index in [0.29, 0.717) is 39.1 Å². The molecule has 4 aliphatic rings. The first-order valence-corrected chi connectivity index (χ1v) is 14.9. The average Bonchev–Trinajstić information content (AvgIpc) is 3.29. The molecule has 1 aliphatic carbocycles. The van der Waals surface area contributed by atoms with E-state index in [2.05, 4.69) is 26.8 Å². The van der Waals surface area contributed by atoms with E-state index in [4.69, 9.17) is 11.2 Å². The Morgan fingerprint density at radius 1 is 1.15 bits per heavy atom. The highest BCUT2D eigenvalue weighted by Crippen LogP contribution is 2.35. The van der Waals surface area contributed by atoms with Gasteiger partial charge in [-0.15, -0.1) is 6.42 Å². The number of hydrogen-bond acceptors (Lipinski definition) is 7. The molecule has 3 heterocycles. The van der Waals surface area contributed by atoms with Crippen molar-refractivity contribution in [2.75, 3.05) is 33.3 Å². The fourth-order valence-electron chi connectivity index (χ4n) is 7.12. The van der Waals surface area contributed by atoms with Gasteiger partial charge in [-0.25, -0.2) is 0 Å². The molecule has 2 saturated heterocycles. The van der Waals surface area contributed by atoms with E-state index in [-0.39, 0.29) is 29.8 Å². The molecule has 3 amide bonds. The molecule has 0 unspecified atom stereocenters. The maximum Gasteiger partial charge on any atom is 0.250 e. The highest BCUT2D eigenvalue weighted by molar-refractivity contribution is 5.94. The van der Waals surface area contributed by atoms with Crippen molar-refractivity contribution in [3.63, 3.8) is 0 Å². The number of ether oxygens (including phenoxy) is 1. The van der Waals surface area contributed by atoms with Gasteiger partial charge in [-0.05, 0) is 45.2 Å². The summed E-state index contributed by atoms with van der Waals surface area (Å²) in [5, 5.41) is 19.8. The second-order valence-corrected chi connectivity index (χ2v) is 12.3. The Morgan fingerprint density at radius 2 is 1.90 bits per heavy atom. The maximum absolute atomic E-state index is 14.4. The number of likely N-dealkylation sites (N-methyl/N-ethyl adjacent to an activating group) is 1. The van der Waals surface area contributed by atoms with Crippen LogP contribution in [0.5, 0.6) is 5.75 Å². The predicted octanol–water partition coefficient (Wildman–Crippen LogP) is 0.949. The molecule has 1 aromatic carbocycles. The minimum atomic E-state index is -0.895. The first kappa shape index (κ1) is 29.4. The molecule has 3 fully saturated rings. The fraction of sp³-hybridized carbons (Fsp3) is 0.645. The Balaban J connectivity index is 1.42. The SMILES string of the molecule is C#C[C@H](NC)C(=O)N[C@H](C(=O)N1C[C@H]2C[C@@](C)(O)CN2C[C@H]1C(=O)N[C@@H]1CCOc2ccccc21)C1CCCCC1. The lowest BCUT2D eigenvalue weighted by Gasteiger charge is -2.45. The maximum atomic E-state index is 14.4. The van der Waals surface area contributed by atoms with Gasteiger partial charge in [0.1, 0.15) is 23.9 Å². The van der Waals surface area contributed by atoms with Gasteiger partial charge >= 0.3 is 0 Å². The summed E-state index contributed by atoms with van der Waals surface area (Å²) >= 11 is 0. The molecule has 0 radical (unpaired) electrons.